The van der Waals surface area contributed by atoms with E-state index in [-0.39, 0.29) is 5.91 Å². The van der Waals surface area contributed by atoms with Gasteiger partial charge in [-0.1, -0.05) is 29.8 Å². The Morgan fingerprint density at radius 1 is 0.968 bits per heavy atom. The van der Waals surface area contributed by atoms with Crippen LogP contribution in [0.4, 0.5) is 0 Å². The number of benzene rings is 3. The molecule has 0 aliphatic heterocycles. The molecule has 1 aromatic heterocycles. The van der Waals surface area contributed by atoms with E-state index in [9.17, 15) is 4.79 Å². The van der Waals surface area contributed by atoms with Crippen molar-refractivity contribution in [2.45, 2.75) is 13.1 Å². The van der Waals surface area contributed by atoms with E-state index in [4.69, 9.17) is 21.1 Å². The van der Waals surface area contributed by atoms with Crippen molar-refractivity contribution in [1.82, 2.24) is 15.1 Å². The number of nitrogens with zero attached hydrogens (tertiary/aromatic N) is 2. The molecule has 1 heterocycles. The van der Waals surface area contributed by atoms with E-state index < -0.39 is 0 Å². The van der Waals surface area contributed by atoms with Crippen LogP contribution in [0.1, 0.15) is 21.5 Å². The quantitative estimate of drug-likeness (QED) is 0.457. The molecule has 0 aliphatic carbocycles. The molecule has 0 bridgehead atoms. The average Bonchev–Trinajstić information content (AvgIpc) is 3.20. The Morgan fingerprint density at radius 2 is 1.68 bits per heavy atom. The highest BCUT2D eigenvalue weighted by atomic mass is 35.5. The Labute approximate surface area is 185 Å². The van der Waals surface area contributed by atoms with Crippen LogP contribution in [-0.4, -0.2) is 29.9 Å². The molecule has 31 heavy (non-hydrogen) atoms. The lowest BCUT2D eigenvalue weighted by Gasteiger charge is -2.10. The minimum absolute atomic E-state index is 0.164. The largest absolute Gasteiger partial charge is 0.497 e. The first-order valence-corrected chi connectivity index (χ1v) is 10.1. The van der Waals surface area contributed by atoms with Crippen LogP contribution in [0.3, 0.4) is 0 Å². The summed E-state index contributed by atoms with van der Waals surface area (Å²) in [6.45, 7) is 0.948. The molecule has 1 amide bonds. The van der Waals surface area contributed by atoms with Crippen molar-refractivity contribution in [2.75, 3.05) is 14.2 Å². The lowest BCUT2D eigenvalue weighted by molar-refractivity contribution is 0.0951. The van der Waals surface area contributed by atoms with Crippen molar-refractivity contribution >= 4 is 28.4 Å². The van der Waals surface area contributed by atoms with Gasteiger partial charge in [0.1, 0.15) is 11.5 Å². The van der Waals surface area contributed by atoms with Crippen molar-refractivity contribution in [3.8, 4) is 11.5 Å². The third kappa shape index (κ3) is 4.81. The molecule has 0 atom stereocenters. The Balaban J connectivity index is 1.51. The van der Waals surface area contributed by atoms with Crippen LogP contribution in [0.2, 0.25) is 5.02 Å². The number of nitrogens with one attached hydrogen (secondary N) is 1. The van der Waals surface area contributed by atoms with Crippen LogP contribution >= 0.6 is 11.6 Å². The van der Waals surface area contributed by atoms with Gasteiger partial charge >= 0.3 is 0 Å². The molecule has 4 aromatic rings. The van der Waals surface area contributed by atoms with Crippen molar-refractivity contribution < 1.29 is 14.3 Å². The van der Waals surface area contributed by atoms with Gasteiger partial charge in [-0.15, -0.1) is 0 Å². The Hall–Kier alpha value is -3.51. The smallest absolute Gasteiger partial charge is 0.251 e. The number of aromatic nitrogens is 2. The summed E-state index contributed by atoms with van der Waals surface area (Å²) in [5.41, 5.74) is 3.43. The lowest BCUT2D eigenvalue weighted by Crippen LogP contribution is -2.22. The molecule has 0 radical (unpaired) electrons. The molecule has 4 rings (SSSR count). The Bertz CT molecular complexity index is 1200. The van der Waals surface area contributed by atoms with E-state index in [0.29, 0.717) is 35.2 Å². The second-order valence-corrected chi connectivity index (χ2v) is 7.54. The summed E-state index contributed by atoms with van der Waals surface area (Å²) in [4.78, 5) is 12.8. The number of hydrogen-bond donors (Lipinski definition) is 1. The highest BCUT2D eigenvalue weighted by molar-refractivity contribution is 6.30. The fourth-order valence-electron chi connectivity index (χ4n) is 3.35. The lowest BCUT2D eigenvalue weighted by atomic mass is 10.1. The Kier molecular flexibility index (Phi) is 6.09. The number of methoxy groups -OCH3 is 2. The van der Waals surface area contributed by atoms with Crippen LogP contribution in [-0.2, 0) is 13.1 Å². The summed E-state index contributed by atoms with van der Waals surface area (Å²) in [5, 5.41) is 9.10. The summed E-state index contributed by atoms with van der Waals surface area (Å²) < 4.78 is 12.5. The first-order chi connectivity index (χ1) is 15.1. The van der Waals surface area contributed by atoms with E-state index >= 15 is 0 Å². The van der Waals surface area contributed by atoms with Gasteiger partial charge in [-0.25, -0.2) is 0 Å². The maximum Gasteiger partial charge on any atom is 0.251 e. The summed E-state index contributed by atoms with van der Waals surface area (Å²) in [7, 11) is 3.19. The molecule has 0 aliphatic rings. The zero-order chi connectivity index (χ0) is 21.8. The summed E-state index contributed by atoms with van der Waals surface area (Å²) >= 11 is 5.97. The van der Waals surface area contributed by atoms with Gasteiger partial charge in [-0.05, 0) is 47.5 Å². The highest BCUT2D eigenvalue weighted by Gasteiger charge is 2.11. The molecular formula is C24H22ClN3O3. The number of ether oxygens (including phenoxy) is 2. The molecule has 0 unspecified atom stereocenters. The van der Waals surface area contributed by atoms with Crippen LogP contribution in [0.25, 0.3) is 10.9 Å². The molecule has 6 nitrogen and oxygen atoms in total. The van der Waals surface area contributed by atoms with Gasteiger partial charge in [-0.3, -0.25) is 9.48 Å². The van der Waals surface area contributed by atoms with Gasteiger partial charge in [0.2, 0.25) is 0 Å². The standard InChI is InChI=1S/C24H22ClN3O3/c1-30-21-9-17(10-22(12-21)31-2)13-26-24(29)18-5-6-19-14-27-28(23(19)11-18)15-16-3-7-20(25)8-4-16/h3-12,14H,13,15H2,1-2H3,(H,26,29). The van der Waals surface area contributed by atoms with Gasteiger partial charge in [-0.2, -0.15) is 5.10 Å². The second-order valence-electron chi connectivity index (χ2n) is 7.11. The second kappa shape index (κ2) is 9.10. The predicted octanol–water partition coefficient (Wildman–Crippen LogP) is 4.69. The van der Waals surface area contributed by atoms with Gasteiger partial charge < -0.3 is 14.8 Å². The first kappa shape index (κ1) is 20.8. The normalized spacial score (nSPS) is 10.8. The van der Waals surface area contributed by atoms with Gasteiger partial charge in [0.05, 0.1) is 32.5 Å². The molecule has 0 fully saturated rings. The third-order valence-electron chi connectivity index (χ3n) is 5.02. The number of fused-ring (bicyclic) bond motifs is 1. The third-order valence-corrected chi connectivity index (χ3v) is 5.27. The van der Waals surface area contributed by atoms with E-state index in [1.54, 1.807) is 32.5 Å². The SMILES string of the molecule is COc1cc(CNC(=O)c2ccc3cnn(Cc4ccc(Cl)cc4)c3c2)cc(OC)c1. The molecular weight excluding hydrogens is 414 g/mol. The molecule has 158 valence electrons. The fraction of sp³-hybridized carbons (Fsp3) is 0.167. The van der Waals surface area contributed by atoms with E-state index in [1.165, 1.54) is 0 Å². The number of hydrogen-bond acceptors (Lipinski definition) is 4. The van der Waals surface area contributed by atoms with Gasteiger partial charge in [0, 0.05) is 28.6 Å². The Morgan fingerprint density at radius 3 is 2.35 bits per heavy atom. The van der Waals surface area contributed by atoms with Crippen LogP contribution < -0.4 is 14.8 Å². The van der Waals surface area contributed by atoms with Crippen LogP contribution in [0.15, 0.2) is 66.9 Å². The zero-order valence-electron chi connectivity index (χ0n) is 17.3. The minimum atomic E-state index is -0.164. The minimum Gasteiger partial charge on any atom is -0.497 e. The summed E-state index contributed by atoms with van der Waals surface area (Å²) in [6.07, 6.45) is 1.80. The molecule has 7 heteroatoms. The number of rotatable bonds is 7. The summed E-state index contributed by atoms with van der Waals surface area (Å²) in [6, 6.07) is 18.7. The van der Waals surface area contributed by atoms with Crippen molar-refractivity contribution in [3.05, 3.63) is 88.6 Å². The average molecular weight is 436 g/mol. The van der Waals surface area contributed by atoms with Crippen LogP contribution in [0.5, 0.6) is 11.5 Å². The van der Waals surface area contributed by atoms with Crippen molar-refractivity contribution in [1.29, 1.82) is 0 Å². The predicted molar refractivity (Wildman–Crippen MR) is 121 cm³/mol. The van der Waals surface area contributed by atoms with E-state index in [0.717, 1.165) is 22.0 Å². The van der Waals surface area contributed by atoms with E-state index in [1.807, 2.05) is 53.2 Å². The zero-order valence-corrected chi connectivity index (χ0v) is 18.0. The number of halogens is 1. The molecule has 3 aromatic carbocycles. The van der Waals surface area contributed by atoms with E-state index in [2.05, 4.69) is 10.4 Å². The molecule has 0 spiro atoms. The number of carbonyl (C=O) groups is 1. The topological polar surface area (TPSA) is 65.4 Å². The monoisotopic (exact) mass is 435 g/mol. The highest BCUT2D eigenvalue weighted by Crippen LogP contribution is 2.23. The van der Waals surface area contributed by atoms with Crippen molar-refractivity contribution in [3.63, 3.8) is 0 Å². The maximum atomic E-state index is 12.8. The molecule has 1 N–H and O–H groups in total. The van der Waals surface area contributed by atoms with Crippen molar-refractivity contribution in [2.24, 2.45) is 0 Å². The maximum absolute atomic E-state index is 12.8. The van der Waals surface area contributed by atoms with Crippen LogP contribution in [0, 0.1) is 0 Å². The summed E-state index contributed by atoms with van der Waals surface area (Å²) in [5.74, 6) is 1.19. The van der Waals surface area contributed by atoms with Gasteiger partial charge in [0.15, 0.2) is 0 Å². The first-order valence-electron chi connectivity index (χ1n) is 9.76. The fourth-order valence-corrected chi connectivity index (χ4v) is 3.48. The molecule has 0 saturated carbocycles. The van der Waals surface area contributed by atoms with Gasteiger partial charge in [0.25, 0.3) is 5.91 Å². The number of carbonyl (C=O) groups excluding carboxylic acids is 1. The molecule has 0 saturated heterocycles. The number of amides is 1.